The standard InChI is InChI=1S/C15H20F3N/c1-19-14-5-3-2-4-12(14)10-11-6-8-13(9-7-11)15(16,17)18/h6-9,12,14,19H,2-5,10H2,1H3. The first-order valence-electron chi connectivity index (χ1n) is 6.84. The van der Waals surface area contributed by atoms with Gasteiger partial charge in [0.05, 0.1) is 5.56 Å². The van der Waals surface area contributed by atoms with Crippen LogP contribution in [-0.2, 0) is 12.6 Å². The first-order valence-corrected chi connectivity index (χ1v) is 6.84. The molecule has 1 N–H and O–H groups in total. The summed E-state index contributed by atoms with van der Waals surface area (Å²) in [5.41, 5.74) is 0.435. The van der Waals surface area contributed by atoms with Gasteiger partial charge in [-0.3, -0.25) is 0 Å². The number of nitrogens with one attached hydrogen (secondary N) is 1. The number of benzene rings is 1. The topological polar surface area (TPSA) is 12.0 Å². The molecule has 1 saturated carbocycles. The van der Waals surface area contributed by atoms with Crippen molar-refractivity contribution in [2.75, 3.05) is 7.05 Å². The van der Waals surface area contributed by atoms with Crippen LogP contribution in [0.15, 0.2) is 24.3 Å². The fraction of sp³-hybridized carbons (Fsp3) is 0.600. The molecule has 4 heteroatoms. The van der Waals surface area contributed by atoms with Gasteiger partial charge in [-0.05, 0) is 49.9 Å². The summed E-state index contributed by atoms with van der Waals surface area (Å²) < 4.78 is 37.5. The molecule has 0 bridgehead atoms. The lowest BCUT2D eigenvalue weighted by Crippen LogP contribution is -2.37. The maximum atomic E-state index is 12.5. The Morgan fingerprint density at radius 1 is 1.11 bits per heavy atom. The molecule has 1 fully saturated rings. The minimum atomic E-state index is -4.24. The van der Waals surface area contributed by atoms with Gasteiger partial charge in [0.25, 0.3) is 0 Å². The van der Waals surface area contributed by atoms with Gasteiger partial charge >= 0.3 is 6.18 Å². The van der Waals surface area contributed by atoms with Crippen molar-refractivity contribution in [2.24, 2.45) is 5.92 Å². The van der Waals surface area contributed by atoms with E-state index >= 15 is 0 Å². The lowest BCUT2D eigenvalue weighted by atomic mass is 9.81. The molecule has 1 nitrogen and oxygen atoms in total. The van der Waals surface area contributed by atoms with Gasteiger partial charge in [0.15, 0.2) is 0 Å². The van der Waals surface area contributed by atoms with E-state index in [2.05, 4.69) is 5.32 Å². The molecule has 0 amide bonds. The SMILES string of the molecule is CNC1CCCCC1Cc1ccc(C(F)(F)F)cc1. The highest BCUT2D eigenvalue weighted by atomic mass is 19.4. The first-order chi connectivity index (χ1) is 9.00. The van der Waals surface area contributed by atoms with Crippen molar-refractivity contribution in [3.63, 3.8) is 0 Å². The predicted octanol–water partition coefficient (Wildman–Crippen LogP) is 4.03. The molecular weight excluding hydrogens is 251 g/mol. The van der Waals surface area contributed by atoms with Crippen molar-refractivity contribution >= 4 is 0 Å². The second kappa shape index (κ2) is 5.95. The van der Waals surface area contributed by atoms with E-state index in [4.69, 9.17) is 0 Å². The summed E-state index contributed by atoms with van der Waals surface area (Å²) in [6.07, 6.45) is 1.42. The van der Waals surface area contributed by atoms with Crippen LogP contribution in [0.5, 0.6) is 0 Å². The molecule has 1 aromatic carbocycles. The molecule has 0 heterocycles. The zero-order valence-electron chi connectivity index (χ0n) is 11.1. The van der Waals surface area contributed by atoms with E-state index in [0.717, 1.165) is 18.4 Å². The largest absolute Gasteiger partial charge is 0.416 e. The summed E-state index contributed by atoms with van der Waals surface area (Å²) >= 11 is 0. The molecule has 0 aliphatic heterocycles. The zero-order valence-corrected chi connectivity index (χ0v) is 11.1. The Bertz CT molecular complexity index is 397. The van der Waals surface area contributed by atoms with Gasteiger partial charge < -0.3 is 5.32 Å². The average Bonchev–Trinajstić information content (AvgIpc) is 2.39. The summed E-state index contributed by atoms with van der Waals surface area (Å²) in [5, 5.41) is 3.33. The van der Waals surface area contributed by atoms with Gasteiger partial charge in [0.1, 0.15) is 0 Å². The van der Waals surface area contributed by atoms with E-state index in [1.165, 1.54) is 31.4 Å². The third-order valence-electron chi connectivity index (χ3n) is 4.06. The number of rotatable bonds is 3. The van der Waals surface area contributed by atoms with Crippen LogP contribution in [0.1, 0.15) is 36.8 Å². The second-order valence-electron chi connectivity index (χ2n) is 5.34. The molecule has 0 aromatic heterocycles. The third-order valence-corrected chi connectivity index (χ3v) is 4.06. The van der Waals surface area contributed by atoms with Crippen molar-refractivity contribution in [1.29, 1.82) is 0 Å². The van der Waals surface area contributed by atoms with Gasteiger partial charge in [-0.1, -0.05) is 25.0 Å². The summed E-state index contributed by atoms with van der Waals surface area (Å²) in [6.45, 7) is 0. The predicted molar refractivity (Wildman–Crippen MR) is 70.0 cm³/mol. The Kier molecular flexibility index (Phi) is 4.50. The van der Waals surface area contributed by atoms with Gasteiger partial charge in [-0.15, -0.1) is 0 Å². The maximum Gasteiger partial charge on any atom is 0.416 e. The number of hydrogen-bond acceptors (Lipinski definition) is 1. The van der Waals surface area contributed by atoms with Crippen LogP contribution in [0, 0.1) is 5.92 Å². The second-order valence-corrected chi connectivity index (χ2v) is 5.34. The van der Waals surface area contributed by atoms with E-state index in [0.29, 0.717) is 12.0 Å². The third kappa shape index (κ3) is 3.72. The number of alkyl halides is 3. The molecule has 0 saturated heterocycles. The van der Waals surface area contributed by atoms with Gasteiger partial charge in [0.2, 0.25) is 0 Å². The van der Waals surface area contributed by atoms with Crippen molar-refractivity contribution < 1.29 is 13.2 Å². The van der Waals surface area contributed by atoms with Crippen molar-refractivity contribution in [3.05, 3.63) is 35.4 Å². The minimum absolute atomic E-state index is 0.496. The summed E-state index contributed by atoms with van der Waals surface area (Å²) in [6, 6.07) is 6.10. The minimum Gasteiger partial charge on any atom is -0.317 e. The fourth-order valence-electron chi connectivity index (χ4n) is 2.96. The van der Waals surface area contributed by atoms with Gasteiger partial charge in [0, 0.05) is 6.04 Å². The highest BCUT2D eigenvalue weighted by molar-refractivity contribution is 5.25. The normalized spacial score (nSPS) is 24.4. The van der Waals surface area contributed by atoms with Crippen LogP contribution in [0.25, 0.3) is 0 Å². The molecule has 1 aliphatic rings. The molecule has 1 aliphatic carbocycles. The number of halogens is 3. The molecule has 2 rings (SSSR count). The van der Waals surface area contributed by atoms with Crippen LogP contribution in [0.3, 0.4) is 0 Å². The highest BCUT2D eigenvalue weighted by Crippen LogP contribution is 2.31. The van der Waals surface area contributed by atoms with E-state index in [-0.39, 0.29) is 0 Å². The summed E-state index contributed by atoms with van der Waals surface area (Å²) in [4.78, 5) is 0. The van der Waals surface area contributed by atoms with E-state index in [1.807, 2.05) is 7.05 Å². The molecule has 106 valence electrons. The van der Waals surface area contributed by atoms with Crippen LogP contribution in [-0.4, -0.2) is 13.1 Å². The maximum absolute atomic E-state index is 12.5. The van der Waals surface area contributed by atoms with Crippen LogP contribution in [0.2, 0.25) is 0 Å². The van der Waals surface area contributed by atoms with Crippen LogP contribution in [0.4, 0.5) is 13.2 Å². The molecular formula is C15H20F3N. The van der Waals surface area contributed by atoms with Gasteiger partial charge in [-0.2, -0.15) is 13.2 Å². The molecule has 0 radical (unpaired) electrons. The Labute approximate surface area is 112 Å². The molecule has 0 spiro atoms. The Hall–Kier alpha value is -1.03. The zero-order chi connectivity index (χ0) is 13.9. The van der Waals surface area contributed by atoms with E-state index in [9.17, 15) is 13.2 Å². The molecule has 2 atom stereocenters. The fourth-order valence-corrected chi connectivity index (χ4v) is 2.96. The van der Waals surface area contributed by atoms with Crippen LogP contribution < -0.4 is 5.32 Å². The lowest BCUT2D eigenvalue weighted by molar-refractivity contribution is -0.137. The molecule has 2 unspecified atom stereocenters. The molecule has 19 heavy (non-hydrogen) atoms. The quantitative estimate of drug-likeness (QED) is 0.875. The summed E-state index contributed by atoms with van der Waals surface area (Å²) in [7, 11) is 1.97. The summed E-state index contributed by atoms with van der Waals surface area (Å²) in [5.74, 6) is 0.537. The average molecular weight is 271 g/mol. The Morgan fingerprint density at radius 2 is 1.74 bits per heavy atom. The Morgan fingerprint density at radius 3 is 2.32 bits per heavy atom. The first kappa shape index (κ1) is 14.4. The monoisotopic (exact) mass is 271 g/mol. The number of hydrogen-bond donors (Lipinski definition) is 1. The Balaban J connectivity index is 2.02. The smallest absolute Gasteiger partial charge is 0.317 e. The van der Waals surface area contributed by atoms with Crippen molar-refractivity contribution in [2.45, 2.75) is 44.3 Å². The van der Waals surface area contributed by atoms with Crippen molar-refractivity contribution in [1.82, 2.24) is 5.32 Å². The highest BCUT2D eigenvalue weighted by Gasteiger charge is 2.30. The van der Waals surface area contributed by atoms with Gasteiger partial charge in [-0.25, -0.2) is 0 Å². The van der Waals surface area contributed by atoms with Crippen LogP contribution >= 0.6 is 0 Å². The lowest BCUT2D eigenvalue weighted by Gasteiger charge is -2.31. The van der Waals surface area contributed by atoms with Crippen molar-refractivity contribution in [3.8, 4) is 0 Å². The van der Waals surface area contributed by atoms with E-state index < -0.39 is 11.7 Å². The molecule has 1 aromatic rings. The van der Waals surface area contributed by atoms with E-state index in [1.54, 1.807) is 12.1 Å².